The maximum absolute atomic E-state index is 13.8. The Morgan fingerprint density at radius 3 is 2.64 bits per heavy atom. The second-order valence-corrected chi connectivity index (χ2v) is 12.0. The first-order valence-corrected chi connectivity index (χ1v) is 15.8. The van der Waals surface area contributed by atoms with Crippen LogP contribution in [0.2, 0.25) is 0 Å². The lowest BCUT2D eigenvalue weighted by Gasteiger charge is -2.22. The highest BCUT2D eigenvalue weighted by molar-refractivity contribution is 7.99. The number of hydrogen-bond acceptors (Lipinski definition) is 9. The summed E-state index contributed by atoms with van der Waals surface area (Å²) in [6.45, 7) is 4.18. The third kappa shape index (κ3) is 6.03. The maximum atomic E-state index is 13.8. The summed E-state index contributed by atoms with van der Waals surface area (Å²) in [5.74, 6) is 1.08. The van der Waals surface area contributed by atoms with E-state index >= 15 is 0 Å². The van der Waals surface area contributed by atoms with Gasteiger partial charge in [-0.25, -0.2) is 5.01 Å². The molecule has 1 atom stereocenters. The van der Waals surface area contributed by atoms with Gasteiger partial charge in [0.15, 0.2) is 16.7 Å². The van der Waals surface area contributed by atoms with E-state index in [0.717, 1.165) is 38.7 Å². The van der Waals surface area contributed by atoms with Gasteiger partial charge in [0.2, 0.25) is 0 Å². The summed E-state index contributed by atoms with van der Waals surface area (Å²) in [5, 5.41) is 20.6. The van der Waals surface area contributed by atoms with Crippen molar-refractivity contribution in [2.45, 2.75) is 38.0 Å². The van der Waals surface area contributed by atoms with E-state index in [2.05, 4.69) is 15.5 Å². The zero-order valence-corrected chi connectivity index (χ0v) is 26.0. The van der Waals surface area contributed by atoms with Crippen LogP contribution in [0, 0.1) is 13.8 Å². The van der Waals surface area contributed by atoms with Crippen LogP contribution in [0.25, 0.3) is 5.69 Å². The molecule has 0 saturated carbocycles. The van der Waals surface area contributed by atoms with E-state index in [1.165, 1.54) is 18.0 Å². The van der Waals surface area contributed by atoms with Gasteiger partial charge in [-0.2, -0.15) is 5.10 Å². The number of methoxy groups -OCH3 is 1. The SMILES string of the molecule is COc1ccc(C2CC(c3cccs3)=NN2C(=O)CSc2nnc(CNC(=O)c3ccco3)n2-c2cccc(C)c2C)cc1. The van der Waals surface area contributed by atoms with Crippen molar-refractivity contribution in [2.75, 3.05) is 12.9 Å². The van der Waals surface area contributed by atoms with Crippen LogP contribution < -0.4 is 10.1 Å². The first kappa shape index (κ1) is 29.4. The molecule has 0 radical (unpaired) electrons. The highest BCUT2D eigenvalue weighted by Crippen LogP contribution is 2.35. The number of carbonyl (C=O) groups excluding carboxylic acids is 2. The molecule has 2 amide bonds. The number of nitrogens with one attached hydrogen (secondary N) is 1. The van der Waals surface area contributed by atoms with Gasteiger partial charge in [0, 0.05) is 6.42 Å². The number of aromatic nitrogens is 3. The summed E-state index contributed by atoms with van der Waals surface area (Å²) in [7, 11) is 1.63. The molecule has 1 aliphatic heterocycles. The van der Waals surface area contributed by atoms with Crippen molar-refractivity contribution in [1.29, 1.82) is 0 Å². The van der Waals surface area contributed by atoms with Gasteiger partial charge in [-0.15, -0.1) is 21.5 Å². The Bertz CT molecular complexity index is 1800. The van der Waals surface area contributed by atoms with Crippen LogP contribution in [0.4, 0.5) is 0 Å². The Morgan fingerprint density at radius 1 is 1.07 bits per heavy atom. The summed E-state index contributed by atoms with van der Waals surface area (Å²) in [4.78, 5) is 27.4. The van der Waals surface area contributed by atoms with Gasteiger partial charge in [-0.3, -0.25) is 14.2 Å². The third-order valence-electron chi connectivity index (χ3n) is 7.47. The number of aryl methyl sites for hydroxylation is 1. The smallest absolute Gasteiger partial charge is 0.287 e. The fourth-order valence-electron chi connectivity index (χ4n) is 4.99. The molecule has 10 nitrogen and oxygen atoms in total. The molecule has 3 aromatic heterocycles. The summed E-state index contributed by atoms with van der Waals surface area (Å²) in [5.41, 5.74) is 4.88. The van der Waals surface area contributed by atoms with Gasteiger partial charge in [-0.05, 0) is 72.3 Å². The summed E-state index contributed by atoms with van der Waals surface area (Å²) >= 11 is 2.89. The van der Waals surface area contributed by atoms with E-state index in [0.29, 0.717) is 17.4 Å². The number of hydrogen-bond donors (Lipinski definition) is 1. The number of thiophene rings is 1. The van der Waals surface area contributed by atoms with E-state index in [-0.39, 0.29) is 35.9 Å². The summed E-state index contributed by atoms with van der Waals surface area (Å²) in [6.07, 6.45) is 2.06. The molecule has 1 N–H and O–H groups in total. The zero-order chi connectivity index (χ0) is 30.6. The number of amides is 2. The van der Waals surface area contributed by atoms with Gasteiger partial charge in [0.05, 0.1) is 48.0 Å². The first-order chi connectivity index (χ1) is 21.4. The standard InChI is InChI=1S/C32H30N6O4S2/c1-20-7-4-8-25(21(20)2)37-29(18-33-31(40)27-9-5-15-42-27)34-35-32(37)44-19-30(39)38-26(22-11-13-23(41-3)14-12-22)17-24(36-38)28-10-6-16-43-28/h4-16,26H,17-19H2,1-3H3,(H,33,40). The molecule has 0 spiro atoms. The van der Waals surface area contributed by atoms with Crippen molar-refractivity contribution in [1.82, 2.24) is 25.1 Å². The molecular weight excluding hydrogens is 597 g/mol. The van der Waals surface area contributed by atoms with Crippen LogP contribution in [-0.2, 0) is 11.3 Å². The molecule has 0 aliphatic carbocycles. The fourth-order valence-corrected chi connectivity index (χ4v) is 6.53. The van der Waals surface area contributed by atoms with Crippen molar-refractivity contribution in [3.8, 4) is 11.4 Å². The highest BCUT2D eigenvalue weighted by atomic mass is 32.2. The van der Waals surface area contributed by atoms with Crippen LogP contribution in [0.15, 0.2) is 93.0 Å². The Balaban J connectivity index is 1.26. The Morgan fingerprint density at radius 2 is 1.91 bits per heavy atom. The normalized spacial score (nSPS) is 14.5. The molecule has 0 saturated heterocycles. The van der Waals surface area contributed by atoms with Gasteiger partial charge >= 0.3 is 0 Å². The number of hydrazone groups is 1. The molecule has 0 fully saturated rings. The minimum atomic E-state index is -0.354. The molecule has 12 heteroatoms. The molecule has 1 aliphatic rings. The first-order valence-electron chi connectivity index (χ1n) is 14.0. The Hall–Kier alpha value is -4.68. The molecule has 1 unspecified atom stereocenters. The average molecular weight is 627 g/mol. The molecule has 224 valence electrons. The largest absolute Gasteiger partial charge is 0.497 e. The molecule has 5 aromatic rings. The molecule has 2 aromatic carbocycles. The predicted molar refractivity (Wildman–Crippen MR) is 169 cm³/mol. The van der Waals surface area contributed by atoms with E-state index in [1.807, 2.05) is 78.4 Å². The van der Waals surface area contributed by atoms with Crippen LogP contribution in [0.1, 0.15) is 50.4 Å². The summed E-state index contributed by atoms with van der Waals surface area (Å²) in [6, 6.07) is 20.8. The number of carbonyl (C=O) groups is 2. The van der Waals surface area contributed by atoms with Gasteiger partial charge in [-0.1, -0.05) is 42.1 Å². The van der Waals surface area contributed by atoms with Crippen molar-refractivity contribution in [2.24, 2.45) is 5.10 Å². The Labute approximate surface area is 262 Å². The lowest BCUT2D eigenvalue weighted by Crippen LogP contribution is -2.28. The Kier molecular flexibility index (Phi) is 8.62. The van der Waals surface area contributed by atoms with Gasteiger partial charge < -0.3 is 14.5 Å². The topological polar surface area (TPSA) is 115 Å². The van der Waals surface area contributed by atoms with Crippen LogP contribution in [-0.4, -0.2) is 50.2 Å². The maximum Gasteiger partial charge on any atom is 0.287 e. The predicted octanol–water partition coefficient (Wildman–Crippen LogP) is 5.95. The fraction of sp³-hybridized carbons (Fsp3) is 0.219. The minimum absolute atomic E-state index is 0.0929. The van der Waals surface area contributed by atoms with Crippen molar-refractivity contribution in [3.63, 3.8) is 0 Å². The second kappa shape index (κ2) is 12.9. The number of thioether (sulfide) groups is 1. The number of nitrogens with zero attached hydrogens (tertiary/aromatic N) is 5. The monoisotopic (exact) mass is 626 g/mol. The number of ether oxygens (including phenoxy) is 1. The number of rotatable bonds is 10. The lowest BCUT2D eigenvalue weighted by molar-refractivity contribution is -0.130. The van der Waals surface area contributed by atoms with Crippen LogP contribution >= 0.6 is 23.1 Å². The average Bonchev–Trinajstić information content (AvgIpc) is 3.87. The minimum Gasteiger partial charge on any atom is -0.497 e. The molecule has 4 heterocycles. The zero-order valence-electron chi connectivity index (χ0n) is 24.4. The summed E-state index contributed by atoms with van der Waals surface area (Å²) < 4.78 is 12.4. The number of benzene rings is 2. The van der Waals surface area contributed by atoms with Crippen LogP contribution in [0.5, 0.6) is 5.75 Å². The molecule has 44 heavy (non-hydrogen) atoms. The molecule has 6 rings (SSSR count). The van der Waals surface area contributed by atoms with Crippen molar-refractivity contribution in [3.05, 3.63) is 112 Å². The molecule has 0 bridgehead atoms. The molecular formula is C32H30N6O4S2. The van der Waals surface area contributed by atoms with Gasteiger partial charge in [0.25, 0.3) is 11.8 Å². The van der Waals surface area contributed by atoms with E-state index in [1.54, 1.807) is 35.6 Å². The van der Waals surface area contributed by atoms with Crippen LogP contribution in [0.3, 0.4) is 0 Å². The van der Waals surface area contributed by atoms with E-state index < -0.39 is 0 Å². The van der Waals surface area contributed by atoms with E-state index in [4.69, 9.17) is 14.3 Å². The third-order valence-corrected chi connectivity index (χ3v) is 9.30. The van der Waals surface area contributed by atoms with Crippen molar-refractivity contribution < 1.29 is 18.7 Å². The van der Waals surface area contributed by atoms with E-state index in [9.17, 15) is 9.59 Å². The van der Waals surface area contributed by atoms with Gasteiger partial charge in [0.1, 0.15) is 5.75 Å². The number of furan rings is 1. The highest BCUT2D eigenvalue weighted by Gasteiger charge is 2.34. The second-order valence-electron chi connectivity index (χ2n) is 10.2. The quantitative estimate of drug-likeness (QED) is 0.191. The van der Waals surface area contributed by atoms with Crippen molar-refractivity contribution >= 4 is 40.6 Å². The lowest BCUT2D eigenvalue weighted by atomic mass is 10.0.